The fourth-order valence-electron chi connectivity index (χ4n) is 2.86. The molecule has 0 aliphatic heterocycles. The third kappa shape index (κ3) is 3.55. The van der Waals surface area contributed by atoms with Crippen LogP contribution in [0.2, 0.25) is 0 Å². The van der Waals surface area contributed by atoms with Crippen molar-refractivity contribution in [3.63, 3.8) is 0 Å². The fourth-order valence-corrected chi connectivity index (χ4v) is 3.23. The molecular weight excluding hydrogens is 344 g/mol. The molecule has 6 heteroatoms. The molecule has 5 nitrogen and oxygen atoms in total. The maximum absolute atomic E-state index is 11.3. The summed E-state index contributed by atoms with van der Waals surface area (Å²) in [4.78, 5) is 20.2. The summed E-state index contributed by atoms with van der Waals surface area (Å²) in [6.07, 6.45) is 6.14. The Bertz CT molecular complexity index is 698. The smallest absolute Gasteiger partial charge is 0.231 e. The third-order valence-electron chi connectivity index (χ3n) is 3.89. The first kappa shape index (κ1) is 15.2. The Labute approximate surface area is 138 Å². The van der Waals surface area contributed by atoms with Gasteiger partial charge in [0.2, 0.25) is 11.9 Å². The van der Waals surface area contributed by atoms with Crippen molar-refractivity contribution in [1.82, 2.24) is 9.97 Å². The molecule has 0 bridgehead atoms. The molecule has 0 radical (unpaired) electrons. The van der Waals surface area contributed by atoms with E-state index >= 15 is 0 Å². The van der Waals surface area contributed by atoms with Crippen molar-refractivity contribution in [3.8, 4) is 0 Å². The Morgan fingerprint density at radius 2 is 2.00 bits per heavy atom. The van der Waals surface area contributed by atoms with E-state index in [0.717, 1.165) is 34.0 Å². The monoisotopic (exact) mass is 362 g/mol. The highest BCUT2D eigenvalue weighted by Crippen LogP contribution is 2.28. The molecule has 0 spiro atoms. The summed E-state index contributed by atoms with van der Waals surface area (Å²) in [5.74, 6) is 0.975. The molecule has 22 heavy (non-hydrogen) atoms. The van der Waals surface area contributed by atoms with Gasteiger partial charge in [0.15, 0.2) is 0 Å². The van der Waals surface area contributed by atoms with E-state index in [-0.39, 0.29) is 5.91 Å². The summed E-state index contributed by atoms with van der Waals surface area (Å²) < 4.78 is 0.988. The van der Waals surface area contributed by atoms with Crippen molar-refractivity contribution in [2.45, 2.75) is 45.1 Å². The molecule has 0 atom stereocenters. The van der Waals surface area contributed by atoms with E-state index < -0.39 is 0 Å². The highest BCUT2D eigenvalue weighted by Gasteiger charge is 2.16. The number of carbonyl (C=O) groups excluding carboxylic acids is 1. The normalized spacial score (nSPS) is 15.7. The average molecular weight is 363 g/mol. The van der Waals surface area contributed by atoms with Crippen LogP contribution in [0.15, 0.2) is 22.7 Å². The minimum Gasteiger partial charge on any atom is -0.367 e. The van der Waals surface area contributed by atoms with Crippen LogP contribution < -0.4 is 10.6 Å². The van der Waals surface area contributed by atoms with Gasteiger partial charge >= 0.3 is 0 Å². The van der Waals surface area contributed by atoms with Crippen molar-refractivity contribution in [2.75, 3.05) is 10.6 Å². The SMILES string of the molecule is CC(=O)Nc1nc(NC2CCCCC2)c2cc(Br)ccc2n1. The van der Waals surface area contributed by atoms with Gasteiger partial charge in [0.05, 0.1) is 5.52 Å². The van der Waals surface area contributed by atoms with E-state index in [2.05, 4.69) is 36.5 Å². The van der Waals surface area contributed by atoms with Gasteiger partial charge in [0.25, 0.3) is 0 Å². The largest absolute Gasteiger partial charge is 0.367 e. The second kappa shape index (κ2) is 6.60. The van der Waals surface area contributed by atoms with Crippen molar-refractivity contribution < 1.29 is 4.79 Å². The van der Waals surface area contributed by atoms with Crippen LogP contribution >= 0.6 is 15.9 Å². The van der Waals surface area contributed by atoms with Gasteiger partial charge in [-0.25, -0.2) is 4.98 Å². The van der Waals surface area contributed by atoms with E-state index in [1.807, 2.05) is 18.2 Å². The van der Waals surface area contributed by atoms with Crippen molar-refractivity contribution in [1.29, 1.82) is 0 Å². The topological polar surface area (TPSA) is 66.9 Å². The number of benzene rings is 1. The maximum Gasteiger partial charge on any atom is 0.231 e. The molecule has 1 aliphatic rings. The number of amides is 1. The Balaban J connectivity index is 1.99. The van der Waals surface area contributed by atoms with E-state index in [1.54, 1.807) is 0 Å². The van der Waals surface area contributed by atoms with Crippen LogP contribution in [0.4, 0.5) is 11.8 Å². The molecule has 1 aromatic carbocycles. The number of hydrogen-bond acceptors (Lipinski definition) is 4. The molecule has 1 aromatic heterocycles. The maximum atomic E-state index is 11.3. The number of halogens is 1. The molecule has 1 aliphatic carbocycles. The number of nitrogens with zero attached hydrogens (tertiary/aromatic N) is 2. The predicted molar refractivity (Wildman–Crippen MR) is 92.0 cm³/mol. The van der Waals surface area contributed by atoms with Crippen LogP contribution in [0.5, 0.6) is 0 Å². The molecular formula is C16H19BrN4O. The predicted octanol–water partition coefficient (Wildman–Crippen LogP) is 4.10. The first-order chi connectivity index (χ1) is 10.6. The Morgan fingerprint density at radius 3 is 2.73 bits per heavy atom. The second-order valence-electron chi connectivity index (χ2n) is 5.72. The lowest BCUT2D eigenvalue weighted by molar-refractivity contribution is -0.114. The zero-order valence-corrected chi connectivity index (χ0v) is 14.1. The zero-order chi connectivity index (χ0) is 15.5. The van der Waals surface area contributed by atoms with Crippen molar-refractivity contribution >= 4 is 44.5 Å². The standard InChI is InChI=1S/C16H19BrN4O/c1-10(22)18-16-20-14-8-7-11(17)9-13(14)15(21-16)19-12-5-3-2-4-6-12/h7-9,12H,2-6H2,1H3,(H2,18,19,20,21,22). The first-order valence-electron chi connectivity index (χ1n) is 7.63. The minimum atomic E-state index is -0.167. The number of aromatic nitrogens is 2. The zero-order valence-electron chi connectivity index (χ0n) is 12.5. The molecule has 1 amide bonds. The van der Waals surface area contributed by atoms with E-state index in [0.29, 0.717) is 12.0 Å². The number of carbonyl (C=O) groups is 1. The van der Waals surface area contributed by atoms with Gasteiger partial charge in [-0.2, -0.15) is 4.98 Å². The van der Waals surface area contributed by atoms with E-state index in [1.165, 1.54) is 26.2 Å². The van der Waals surface area contributed by atoms with Crippen LogP contribution in [-0.4, -0.2) is 21.9 Å². The van der Waals surface area contributed by atoms with Crippen LogP contribution in [0.25, 0.3) is 10.9 Å². The summed E-state index contributed by atoms with van der Waals surface area (Å²) >= 11 is 3.50. The summed E-state index contributed by atoms with van der Waals surface area (Å²) in [5, 5.41) is 7.18. The first-order valence-corrected chi connectivity index (χ1v) is 8.42. The summed E-state index contributed by atoms with van der Waals surface area (Å²) in [6, 6.07) is 6.32. The summed E-state index contributed by atoms with van der Waals surface area (Å²) in [7, 11) is 0. The van der Waals surface area contributed by atoms with Gasteiger partial charge in [-0.15, -0.1) is 0 Å². The van der Waals surface area contributed by atoms with Crippen LogP contribution in [0, 0.1) is 0 Å². The molecule has 0 saturated heterocycles. The molecule has 1 saturated carbocycles. The van der Waals surface area contributed by atoms with E-state index in [9.17, 15) is 4.79 Å². The van der Waals surface area contributed by atoms with Gasteiger partial charge in [-0.1, -0.05) is 35.2 Å². The molecule has 3 rings (SSSR count). The highest BCUT2D eigenvalue weighted by molar-refractivity contribution is 9.10. The second-order valence-corrected chi connectivity index (χ2v) is 6.63. The van der Waals surface area contributed by atoms with Crippen molar-refractivity contribution in [3.05, 3.63) is 22.7 Å². The third-order valence-corrected chi connectivity index (χ3v) is 4.38. The lowest BCUT2D eigenvalue weighted by Gasteiger charge is -2.24. The van der Waals surface area contributed by atoms with E-state index in [4.69, 9.17) is 0 Å². The Kier molecular flexibility index (Phi) is 4.57. The van der Waals surface area contributed by atoms with Crippen LogP contribution in [0.1, 0.15) is 39.0 Å². The lowest BCUT2D eigenvalue weighted by Crippen LogP contribution is -2.23. The molecule has 2 N–H and O–H groups in total. The fraction of sp³-hybridized carbons (Fsp3) is 0.438. The number of rotatable bonds is 3. The highest BCUT2D eigenvalue weighted by atomic mass is 79.9. The number of anilines is 2. The molecule has 116 valence electrons. The van der Waals surface area contributed by atoms with Gasteiger partial charge in [0, 0.05) is 22.8 Å². The lowest BCUT2D eigenvalue weighted by atomic mass is 9.95. The molecule has 0 unspecified atom stereocenters. The number of nitrogens with one attached hydrogen (secondary N) is 2. The van der Waals surface area contributed by atoms with Gasteiger partial charge in [-0.05, 0) is 31.0 Å². The van der Waals surface area contributed by atoms with Gasteiger partial charge in [0.1, 0.15) is 5.82 Å². The average Bonchev–Trinajstić information content (AvgIpc) is 2.48. The Hall–Kier alpha value is -1.69. The molecule has 2 aromatic rings. The number of fused-ring (bicyclic) bond motifs is 1. The Morgan fingerprint density at radius 1 is 1.23 bits per heavy atom. The minimum absolute atomic E-state index is 0.167. The molecule has 1 heterocycles. The van der Waals surface area contributed by atoms with Crippen LogP contribution in [-0.2, 0) is 4.79 Å². The summed E-state index contributed by atoms with van der Waals surface area (Å²) in [6.45, 7) is 1.46. The van der Waals surface area contributed by atoms with Gasteiger partial charge in [-0.3, -0.25) is 10.1 Å². The molecule has 1 fully saturated rings. The van der Waals surface area contributed by atoms with Crippen LogP contribution in [0.3, 0.4) is 0 Å². The summed E-state index contributed by atoms with van der Waals surface area (Å²) in [5.41, 5.74) is 0.820. The van der Waals surface area contributed by atoms with Crippen molar-refractivity contribution in [2.24, 2.45) is 0 Å². The quantitative estimate of drug-likeness (QED) is 0.862. The number of hydrogen-bond donors (Lipinski definition) is 2. The van der Waals surface area contributed by atoms with Gasteiger partial charge < -0.3 is 5.32 Å².